The Morgan fingerprint density at radius 2 is 2.11 bits per heavy atom. The topological polar surface area (TPSA) is 50.8 Å². The average Bonchev–Trinajstić information content (AvgIpc) is 2.78. The van der Waals surface area contributed by atoms with Crippen LogP contribution in [0.3, 0.4) is 0 Å². The van der Waals surface area contributed by atoms with Crippen LogP contribution in [0, 0.1) is 0 Å². The van der Waals surface area contributed by atoms with Crippen LogP contribution < -0.4 is 5.32 Å². The number of ether oxygens (including phenoxy) is 2. The Morgan fingerprint density at radius 3 is 2.58 bits per heavy atom. The molecule has 0 aromatic heterocycles. The maximum atomic E-state index is 12.2. The Hall–Kier alpha value is -0.650. The summed E-state index contributed by atoms with van der Waals surface area (Å²) < 4.78 is 10.8. The molecule has 0 aliphatic carbocycles. The van der Waals surface area contributed by atoms with Gasteiger partial charge < -0.3 is 14.4 Å². The van der Waals surface area contributed by atoms with Crippen molar-refractivity contribution >= 4 is 5.97 Å². The summed E-state index contributed by atoms with van der Waals surface area (Å²) in [5.74, 6) is -0.181. The third-order valence-corrected chi connectivity index (χ3v) is 3.96. The minimum absolute atomic E-state index is 0.136. The van der Waals surface area contributed by atoms with E-state index in [4.69, 9.17) is 9.47 Å². The van der Waals surface area contributed by atoms with Gasteiger partial charge in [0, 0.05) is 26.1 Å². The number of likely N-dealkylation sites (N-methyl/N-ethyl adjacent to an activating group) is 1. The van der Waals surface area contributed by atoms with Gasteiger partial charge in [-0.15, -0.1) is 0 Å². The monoisotopic (exact) mass is 272 g/mol. The van der Waals surface area contributed by atoms with Gasteiger partial charge in [0.25, 0.3) is 0 Å². The van der Waals surface area contributed by atoms with Crippen molar-refractivity contribution in [3.05, 3.63) is 0 Å². The smallest absolute Gasteiger partial charge is 0.329 e. The summed E-state index contributed by atoms with van der Waals surface area (Å²) in [4.78, 5) is 14.5. The van der Waals surface area contributed by atoms with Gasteiger partial charge in [-0.3, -0.25) is 5.32 Å². The van der Waals surface area contributed by atoms with Crippen LogP contribution in [0.1, 0.15) is 34.1 Å². The molecule has 112 valence electrons. The predicted octanol–water partition coefficient (Wildman–Crippen LogP) is 1.03. The van der Waals surface area contributed by atoms with Crippen molar-refractivity contribution in [3.63, 3.8) is 0 Å². The zero-order chi connectivity index (χ0) is 14.3. The maximum absolute atomic E-state index is 12.2. The molecule has 1 saturated heterocycles. The van der Waals surface area contributed by atoms with Gasteiger partial charge in [0.2, 0.25) is 0 Å². The minimum Gasteiger partial charge on any atom is -0.465 e. The molecule has 0 bridgehead atoms. The van der Waals surface area contributed by atoms with Crippen molar-refractivity contribution in [1.82, 2.24) is 10.2 Å². The molecule has 5 nitrogen and oxygen atoms in total. The molecule has 5 heteroatoms. The Balaban J connectivity index is 2.58. The van der Waals surface area contributed by atoms with Crippen molar-refractivity contribution in [1.29, 1.82) is 0 Å². The first kappa shape index (κ1) is 16.4. The lowest BCUT2D eigenvalue weighted by Gasteiger charge is -2.32. The Labute approximate surface area is 116 Å². The Morgan fingerprint density at radius 1 is 1.42 bits per heavy atom. The molecule has 1 fully saturated rings. The van der Waals surface area contributed by atoms with Gasteiger partial charge in [0.1, 0.15) is 5.54 Å². The largest absolute Gasteiger partial charge is 0.465 e. The van der Waals surface area contributed by atoms with Crippen LogP contribution in [0.4, 0.5) is 0 Å². The number of esters is 1. The standard InChI is InChI=1S/C14H28N2O3/c1-5-16(6-2)10-9-15-14(13(17)18-7-3)8-11-19-12(14)4/h12,15H,5-11H2,1-4H3. The molecule has 0 aromatic carbocycles. The van der Waals surface area contributed by atoms with Gasteiger partial charge in [-0.2, -0.15) is 0 Å². The van der Waals surface area contributed by atoms with E-state index in [0.717, 1.165) is 26.2 Å². The van der Waals surface area contributed by atoms with Gasteiger partial charge in [0.15, 0.2) is 0 Å². The quantitative estimate of drug-likeness (QED) is 0.669. The summed E-state index contributed by atoms with van der Waals surface area (Å²) in [6.07, 6.45) is 0.550. The van der Waals surface area contributed by atoms with Crippen LogP contribution in [-0.4, -0.2) is 61.9 Å². The van der Waals surface area contributed by atoms with Crippen molar-refractivity contribution in [2.45, 2.75) is 45.8 Å². The zero-order valence-electron chi connectivity index (χ0n) is 12.7. The molecule has 0 spiro atoms. The summed E-state index contributed by atoms with van der Waals surface area (Å²) in [7, 11) is 0. The molecule has 0 amide bonds. The molecule has 19 heavy (non-hydrogen) atoms. The van der Waals surface area contributed by atoms with E-state index in [1.807, 2.05) is 13.8 Å². The highest BCUT2D eigenvalue weighted by Crippen LogP contribution is 2.27. The second-order valence-corrected chi connectivity index (χ2v) is 4.91. The fourth-order valence-electron chi connectivity index (χ4n) is 2.55. The van der Waals surface area contributed by atoms with E-state index < -0.39 is 5.54 Å². The molecule has 0 aromatic rings. The van der Waals surface area contributed by atoms with Gasteiger partial charge in [-0.25, -0.2) is 4.79 Å². The third kappa shape index (κ3) is 3.91. The fraction of sp³-hybridized carbons (Fsp3) is 0.929. The first-order valence-electron chi connectivity index (χ1n) is 7.36. The molecule has 1 heterocycles. The molecular weight excluding hydrogens is 244 g/mol. The van der Waals surface area contributed by atoms with Gasteiger partial charge in [-0.05, 0) is 26.9 Å². The molecule has 1 N–H and O–H groups in total. The van der Waals surface area contributed by atoms with E-state index in [1.54, 1.807) is 0 Å². The summed E-state index contributed by atoms with van der Waals surface area (Å²) >= 11 is 0. The lowest BCUT2D eigenvalue weighted by atomic mass is 9.92. The lowest BCUT2D eigenvalue weighted by Crippen LogP contribution is -2.58. The number of carbonyl (C=O) groups is 1. The number of nitrogens with one attached hydrogen (secondary N) is 1. The van der Waals surface area contributed by atoms with E-state index in [-0.39, 0.29) is 12.1 Å². The second kappa shape index (κ2) is 7.82. The Bertz CT molecular complexity index is 282. The summed E-state index contributed by atoms with van der Waals surface area (Å²) in [5, 5.41) is 3.39. The SMILES string of the molecule is CCOC(=O)C1(NCCN(CC)CC)CCOC1C. The highest BCUT2D eigenvalue weighted by molar-refractivity contribution is 5.82. The molecule has 2 unspecified atom stereocenters. The first-order chi connectivity index (χ1) is 9.10. The lowest BCUT2D eigenvalue weighted by molar-refractivity contribution is -0.153. The van der Waals surface area contributed by atoms with Crippen molar-refractivity contribution in [2.24, 2.45) is 0 Å². The van der Waals surface area contributed by atoms with Crippen LogP contribution in [-0.2, 0) is 14.3 Å². The molecule has 0 saturated carbocycles. The highest BCUT2D eigenvalue weighted by atomic mass is 16.5. The van der Waals surface area contributed by atoms with Crippen molar-refractivity contribution in [2.75, 3.05) is 39.4 Å². The van der Waals surface area contributed by atoms with E-state index >= 15 is 0 Å². The summed E-state index contributed by atoms with van der Waals surface area (Å²) in [5.41, 5.74) is -0.664. The minimum atomic E-state index is -0.664. The maximum Gasteiger partial charge on any atom is 0.329 e. The molecule has 1 aliphatic rings. The van der Waals surface area contributed by atoms with Gasteiger partial charge >= 0.3 is 5.97 Å². The third-order valence-electron chi connectivity index (χ3n) is 3.96. The number of rotatable bonds is 8. The summed E-state index contributed by atoms with van der Waals surface area (Å²) in [6.45, 7) is 12.8. The van der Waals surface area contributed by atoms with Crippen LogP contribution >= 0.6 is 0 Å². The van der Waals surface area contributed by atoms with Crippen molar-refractivity contribution in [3.8, 4) is 0 Å². The summed E-state index contributed by atoms with van der Waals surface area (Å²) in [6, 6.07) is 0. The number of nitrogens with zero attached hydrogens (tertiary/aromatic N) is 1. The highest BCUT2D eigenvalue weighted by Gasteiger charge is 2.49. The van der Waals surface area contributed by atoms with Gasteiger partial charge in [-0.1, -0.05) is 13.8 Å². The second-order valence-electron chi connectivity index (χ2n) is 4.91. The first-order valence-corrected chi connectivity index (χ1v) is 7.36. The van der Waals surface area contributed by atoms with E-state index in [1.165, 1.54) is 0 Å². The molecule has 1 rings (SSSR count). The number of carbonyl (C=O) groups excluding carboxylic acids is 1. The normalized spacial score (nSPS) is 26.9. The van der Waals surface area contributed by atoms with Crippen LogP contribution in [0.2, 0.25) is 0 Å². The molecular formula is C14H28N2O3. The van der Waals surface area contributed by atoms with Crippen LogP contribution in [0.5, 0.6) is 0 Å². The van der Waals surface area contributed by atoms with E-state index in [9.17, 15) is 4.79 Å². The van der Waals surface area contributed by atoms with E-state index in [0.29, 0.717) is 19.6 Å². The number of hydrogen-bond donors (Lipinski definition) is 1. The van der Waals surface area contributed by atoms with E-state index in [2.05, 4.69) is 24.1 Å². The molecule has 0 radical (unpaired) electrons. The van der Waals surface area contributed by atoms with Crippen molar-refractivity contribution < 1.29 is 14.3 Å². The predicted molar refractivity (Wildman–Crippen MR) is 75.2 cm³/mol. The average molecular weight is 272 g/mol. The Kier molecular flexibility index (Phi) is 6.75. The zero-order valence-corrected chi connectivity index (χ0v) is 12.7. The van der Waals surface area contributed by atoms with Crippen LogP contribution in [0.25, 0.3) is 0 Å². The van der Waals surface area contributed by atoms with Crippen LogP contribution in [0.15, 0.2) is 0 Å². The fourth-order valence-corrected chi connectivity index (χ4v) is 2.55. The molecule has 2 atom stereocenters. The number of hydrogen-bond acceptors (Lipinski definition) is 5. The molecule has 1 aliphatic heterocycles. The van der Waals surface area contributed by atoms with Gasteiger partial charge in [0.05, 0.1) is 12.7 Å².